The van der Waals surface area contributed by atoms with Gasteiger partial charge in [-0.1, -0.05) is 47.5 Å². The minimum atomic E-state index is -0.906. The van der Waals surface area contributed by atoms with Crippen LogP contribution in [0.2, 0.25) is 0 Å². The molecule has 1 heteroatoms. The van der Waals surface area contributed by atoms with Gasteiger partial charge in [0.15, 0.2) is 6.17 Å². The summed E-state index contributed by atoms with van der Waals surface area (Å²) in [5.74, 6) is 5.28. The van der Waals surface area contributed by atoms with Crippen LogP contribution in [0.5, 0.6) is 0 Å². The fraction of sp³-hybridized carbons (Fsp3) is 0.833. The van der Waals surface area contributed by atoms with Gasteiger partial charge in [0, 0.05) is 6.42 Å². The van der Waals surface area contributed by atoms with Gasteiger partial charge in [-0.3, -0.25) is 0 Å². The smallest absolute Gasteiger partial charge is 0.160 e. The van der Waals surface area contributed by atoms with Gasteiger partial charge in [-0.25, -0.2) is 4.39 Å². The third kappa shape index (κ3) is 24.6. The second-order valence-corrected chi connectivity index (χ2v) is 1.95. The van der Waals surface area contributed by atoms with Gasteiger partial charge in [-0.15, -0.1) is 5.92 Å². The molecule has 1 unspecified atom stereocenters. The Morgan fingerprint density at radius 2 is 1.54 bits per heavy atom. The van der Waals surface area contributed by atoms with Crippen molar-refractivity contribution >= 4 is 0 Å². The molecule has 0 amide bonds. The van der Waals surface area contributed by atoms with Crippen LogP contribution in [0.25, 0.3) is 0 Å². The Morgan fingerprint density at radius 3 is 1.85 bits per heavy atom. The van der Waals surface area contributed by atoms with Crippen molar-refractivity contribution in [1.82, 2.24) is 0 Å². The van der Waals surface area contributed by atoms with E-state index in [9.17, 15) is 4.39 Å². The molecule has 0 heterocycles. The zero-order chi connectivity index (χ0) is 11.1. The highest BCUT2D eigenvalue weighted by molar-refractivity contribution is 5.03. The first-order chi connectivity index (χ1) is 6.31. The molecule has 0 saturated carbocycles. The quantitative estimate of drug-likeness (QED) is 0.556. The maximum atomic E-state index is 12.3. The Morgan fingerprint density at radius 1 is 1.08 bits per heavy atom. The number of rotatable bonds is 2. The number of hydrogen-bond acceptors (Lipinski definition) is 0. The van der Waals surface area contributed by atoms with Gasteiger partial charge >= 0.3 is 0 Å². The molecule has 0 fully saturated rings. The molecule has 0 N–H and O–H groups in total. The summed E-state index contributed by atoms with van der Waals surface area (Å²) < 4.78 is 12.3. The van der Waals surface area contributed by atoms with Crippen LogP contribution >= 0.6 is 0 Å². The van der Waals surface area contributed by atoms with Crippen molar-refractivity contribution in [1.29, 1.82) is 0 Å². The minimum absolute atomic E-state index is 0.511. The molecule has 80 valence electrons. The zero-order valence-corrected chi connectivity index (χ0v) is 10.1. The fourth-order valence-corrected chi connectivity index (χ4v) is 0.410. The summed E-state index contributed by atoms with van der Waals surface area (Å²) in [7, 11) is 0. The molecule has 0 aliphatic heterocycles. The highest BCUT2D eigenvalue weighted by atomic mass is 19.1. The van der Waals surface area contributed by atoms with Crippen LogP contribution in [0.3, 0.4) is 0 Å². The SMILES string of the molecule is CC.CC.CCCC#CC(F)CC. The van der Waals surface area contributed by atoms with Crippen LogP contribution in [0, 0.1) is 11.8 Å². The normalized spacial score (nSPS) is 9.15. The van der Waals surface area contributed by atoms with Gasteiger partial charge in [0.25, 0.3) is 0 Å². The molecule has 0 bridgehead atoms. The van der Waals surface area contributed by atoms with Crippen LogP contribution in [0.4, 0.5) is 4.39 Å². The number of halogens is 1. The van der Waals surface area contributed by atoms with Crippen LogP contribution < -0.4 is 0 Å². The topological polar surface area (TPSA) is 0 Å². The van der Waals surface area contributed by atoms with Gasteiger partial charge in [-0.05, 0) is 12.8 Å². The van der Waals surface area contributed by atoms with E-state index in [1.54, 1.807) is 6.92 Å². The summed E-state index contributed by atoms with van der Waals surface area (Å²) in [6, 6.07) is 0. The lowest BCUT2D eigenvalue weighted by atomic mass is 10.3. The van der Waals surface area contributed by atoms with E-state index < -0.39 is 6.17 Å². The largest absolute Gasteiger partial charge is 0.233 e. The standard InChI is InChI=1S/C8H13F.2C2H6/c1-3-5-6-7-8(9)4-2;2*1-2/h8H,3-5H2,1-2H3;2*1-2H3. The lowest BCUT2D eigenvalue weighted by Crippen LogP contribution is -1.90. The van der Waals surface area contributed by atoms with Crippen molar-refractivity contribution in [3.63, 3.8) is 0 Å². The number of unbranched alkanes of at least 4 members (excludes halogenated alkanes) is 1. The molecule has 0 spiro atoms. The van der Waals surface area contributed by atoms with Gasteiger partial charge in [0.05, 0.1) is 0 Å². The van der Waals surface area contributed by atoms with Crippen molar-refractivity contribution in [2.75, 3.05) is 0 Å². The Balaban J connectivity index is -0.000000218. The van der Waals surface area contributed by atoms with E-state index in [2.05, 4.69) is 11.8 Å². The van der Waals surface area contributed by atoms with E-state index in [1.165, 1.54) is 0 Å². The molecule has 0 aromatic heterocycles. The molecule has 0 radical (unpaired) electrons. The number of hydrogen-bond donors (Lipinski definition) is 0. The molecular weight excluding hydrogens is 163 g/mol. The summed E-state index contributed by atoms with van der Waals surface area (Å²) in [5, 5.41) is 0. The van der Waals surface area contributed by atoms with Crippen molar-refractivity contribution in [2.45, 2.75) is 67.0 Å². The van der Waals surface area contributed by atoms with E-state index in [1.807, 2.05) is 34.6 Å². The number of alkyl halides is 1. The second-order valence-electron chi connectivity index (χ2n) is 1.95. The zero-order valence-electron chi connectivity index (χ0n) is 10.1. The molecule has 13 heavy (non-hydrogen) atoms. The van der Waals surface area contributed by atoms with Crippen molar-refractivity contribution in [3.8, 4) is 11.8 Å². The Bertz CT molecular complexity index is 108. The van der Waals surface area contributed by atoms with E-state index >= 15 is 0 Å². The van der Waals surface area contributed by atoms with Gasteiger partial charge < -0.3 is 0 Å². The maximum Gasteiger partial charge on any atom is 0.160 e. The van der Waals surface area contributed by atoms with Gasteiger partial charge in [0.1, 0.15) is 0 Å². The monoisotopic (exact) mass is 188 g/mol. The van der Waals surface area contributed by atoms with E-state index in [4.69, 9.17) is 0 Å². The lowest BCUT2D eigenvalue weighted by Gasteiger charge is -1.89. The summed E-state index contributed by atoms with van der Waals surface area (Å²) in [5.41, 5.74) is 0. The molecule has 0 aromatic carbocycles. The highest BCUT2D eigenvalue weighted by Gasteiger charge is 1.92. The van der Waals surface area contributed by atoms with Crippen LogP contribution in [-0.2, 0) is 0 Å². The summed E-state index contributed by atoms with van der Waals surface area (Å²) >= 11 is 0. The summed E-state index contributed by atoms with van der Waals surface area (Å²) in [6.07, 6.45) is 1.44. The third-order valence-electron chi connectivity index (χ3n) is 0.992. The molecule has 1 atom stereocenters. The predicted molar refractivity (Wildman–Crippen MR) is 60.6 cm³/mol. The second kappa shape index (κ2) is 22.5. The Hall–Kier alpha value is -0.510. The van der Waals surface area contributed by atoms with Gasteiger partial charge in [-0.2, -0.15) is 0 Å². The average molecular weight is 188 g/mol. The van der Waals surface area contributed by atoms with Gasteiger partial charge in [0.2, 0.25) is 0 Å². The molecule has 0 rings (SSSR count). The Labute approximate surface area is 83.9 Å². The molecule has 0 aromatic rings. The van der Waals surface area contributed by atoms with E-state index in [0.29, 0.717) is 6.42 Å². The molecule has 0 saturated heterocycles. The molecule has 0 nitrogen and oxygen atoms in total. The Kier molecular flexibility index (Phi) is 31.7. The lowest BCUT2D eigenvalue weighted by molar-refractivity contribution is 0.403. The van der Waals surface area contributed by atoms with Crippen molar-refractivity contribution < 1.29 is 4.39 Å². The summed E-state index contributed by atoms with van der Waals surface area (Å²) in [4.78, 5) is 0. The van der Waals surface area contributed by atoms with Crippen molar-refractivity contribution in [3.05, 3.63) is 0 Å². The third-order valence-corrected chi connectivity index (χ3v) is 0.992. The molecular formula is C12H25F. The van der Waals surface area contributed by atoms with Crippen LogP contribution in [-0.4, -0.2) is 6.17 Å². The minimum Gasteiger partial charge on any atom is -0.233 e. The summed E-state index contributed by atoms with van der Waals surface area (Å²) in [6.45, 7) is 11.8. The first-order valence-electron chi connectivity index (χ1n) is 5.43. The molecule has 0 aliphatic rings. The first-order valence-corrected chi connectivity index (χ1v) is 5.43. The first kappa shape index (κ1) is 18.3. The predicted octanol–water partition coefficient (Wildman–Crippen LogP) is 4.59. The highest BCUT2D eigenvalue weighted by Crippen LogP contribution is 1.93. The van der Waals surface area contributed by atoms with Crippen LogP contribution in [0.1, 0.15) is 60.8 Å². The van der Waals surface area contributed by atoms with Crippen molar-refractivity contribution in [2.24, 2.45) is 0 Å². The van der Waals surface area contributed by atoms with E-state index in [-0.39, 0.29) is 0 Å². The fourth-order valence-electron chi connectivity index (χ4n) is 0.410. The van der Waals surface area contributed by atoms with Crippen LogP contribution in [0.15, 0.2) is 0 Å². The van der Waals surface area contributed by atoms with E-state index in [0.717, 1.165) is 12.8 Å². The maximum absolute atomic E-state index is 12.3. The average Bonchev–Trinajstić information content (AvgIpc) is 2.24. The molecule has 0 aliphatic carbocycles.